The van der Waals surface area contributed by atoms with Crippen LogP contribution in [-0.2, 0) is 16.4 Å². The molecule has 0 radical (unpaired) electrons. The quantitative estimate of drug-likeness (QED) is 0.797. The first-order valence-corrected chi connectivity index (χ1v) is 8.19. The van der Waals surface area contributed by atoms with Gasteiger partial charge in [-0.25, -0.2) is 23.1 Å². The number of hydrogen-bond acceptors (Lipinski definition) is 5. The third-order valence-electron chi connectivity index (χ3n) is 2.94. The summed E-state index contributed by atoms with van der Waals surface area (Å²) in [4.78, 5) is 8.19. The van der Waals surface area contributed by atoms with E-state index in [0.29, 0.717) is 5.69 Å². The van der Waals surface area contributed by atoms with E-state index < -0.39 is 10.0 Å². The second-order valence-electron chi connectivity index (χ2n) is 4.69. The number of unbranched alkanes of at least 4 members (excludes halogenated alkanes) is 1. The molecule has 0 atom stereocenters. The molecule has 6 nitrogen and oxygen atoms in total. The number of nitrogen functional groups attached to an aromatic ring is 1. The van der Waals surface area contributed by atoms with Crippen LogP contribution in [0.3, 0.4) is 0 Å². The number of nitrogens with two attached hydrogens (primary N) is 1. The van der Waals surface area contributed by atoms with Crippen LogP contribution in [0.15, 0.2) is 41.6 Å². The number of aryl methyl sites for hydroxylation is 1. The highest BCUT2D eigenvalue weighted by Gasteiger charge is 2.15. The predicted octanol–water partition coefficient (Wildman–Crippen LogP) is 2.20. The third kappa shape index (κ3) is 4.16. The molecule has 0 bridgehead atoms. The number of nitrogens with one attached hydrogen (secondary N) is 1. The Morgan fingerprint density at radius 2 is 1.76 bits per heavy atom. The van der Waals surface area contributed by atoms with Crippen LogP contribution in [0.1, 0.15) is 25.3 Å². The van der Waals surface area contributed by atoms with Crippen LogP contribution in [0.5, 0.6) is 0 Å². The summed E-state index contributed by atoms with van der Waals surface area (Å²) in [6, 6.07) is 5.94. The molecule has 2 aromatic rings. The van der Waals surface area contributed by atoms with E-state index in [1.54, 1.807) is 12.4 Å². The number of benzene rings is 1. The molecule has 2 rings (SSSR count). The van der Waals surface area contributed by atoms with E-state index in [1.807, 2.05) is 0 Å². The summed E-state index contributed by atoms with van der Waals surface area (Å²) in [5, 5.41) is 0. The third-order valence-corrected chi connectivity index (χ3v) is 4.28. The lowest BCUT2D eigenvalue weighted by atomic mass is 10.2. The summed E-state index contributed by atoms with van der Waals surface area (Å²) in [5.74, 6) is 0.0621. The average Bonchev–Trinajstić information content (AvgIpc) is 2.47. The van der Waals surface area contributed by atoms with Gasteiger partial charge in [-0.2, -0.15) is 0 Å². The maximum absolute atomic E-state index is 12.1. The molecule has 0 amide bonds. The Bertz CT molecular complexity index is 682. The molecule has 1 heterocycles. The molecule has 3 N–H and O–H groups in total. The Morgan fingerprint density at radius 3 is 2.33 bits per heavy atom. The fourth-order valence-corrected chi connectivity index (χ4v) is 2.70. The molecular formula is C14H18N4O2S. The highest BCUT2D eigenvalue weighted by molar-refractivity contribution is 7.92. The molecule has 0 aliphatic rings. The molecule has 0 saturated heterocycles. The van der Waals surface area contributed by atoms with Gasteiger partial charge in [-0.1, -0.05) is 13.3 Å². The molecule has 112 valence electrons. The summed E-state index contributed by atoms with van der Waals surface area (Å²) < 4.78 is 26.6. The van der Waals surface area contributed by atoms with Crippen molar-refractivity contribution < 1.29 is 8.42 Å². The summed E-state index contributed by atoms with van der Waals surface area (Å²) in [7, 11) is -3.69. The van der Waals surface area contributed by atoms with Crippen molar-refractivity contribution in [3.8, 4) is 0 Å². The van der Waals surface area contributed by atoms with Gasteiger partial charge in [-0.05, 0) is 42.7 Å². The van der Waals surface area contributed by atoms with Crippen LogP contribution in [-0.4, -0.2) is 18.4 Å². The zero-order chi connectivity index (χ0) is 15.3. The van der Waals surface area contributed by atoms with E-state index in [9.17, 15) is 8.42 Å². The van der Waals surface area contributed by atoms with Crippen molar-refractivity contribution in [1.29, 1.82) is 0 Å². The van der Waals surface area contributed by atoms with Crippen molar-refractivity contribution in [2.24, 2.45) is 0 Å². The summed E-state index contributed by atoms with van der Waals surface area (Å²) >= 11 is 0. The highest BCUT2D eigenvalue weighted by atomic mass is 32.2. The molecule has 1 aromatic carbocycles. The Hall–Kier alpha value is -2.15. The van der Waals surface area contributed by atoms with Crippen LogP contribution in [0, 0.1) is 0 Å². The SMILES string of the molecule is CCCCc1cnc(NS(=O)(=O)c2ccc(N)cc2)nc1. The molecule has 0 aliphatic heterocycles. The second-order valence-corrected chi connectivity index (χ2v) is 6.38. The fourth-order valence-electron chi connectivity index (χ4n) is 1.74. The molecule has 21 heavy (non-hydrogen) atoms. The second kappa shape index (κ2) is 6.53. The number of sulfonamides is 1. The van der Waals surface area contributed by atoms with Gasteiger partial charge in [0.25, 0.3) is 10.0 Å². The van der Waals surface area contributed by atoms with Gasteiger partial charge >= 0.3 is 0 Å². The van der Waals surface area contributed by atoms with Gasteiger partial charge in [-0.3, -0.25) is 0 Å². The molecule has 7 heteroatoms. The first-order valence-electron chi connectivity index (χ1n) is 6.70. The highest BCUT2D eigenvalue weighted by Crippen LogP contribution is 2.15. The van der Waals surface area contributed by atoms with Crippen LogP contribution in [0.2, 0.25) is 0 Å². The fraction of sp³-hybridized carbons (Fsp3) is 0.286. The van der Waals surface area contributed by atoms with E-state index in [2.05, 4.69) is 21.6 Å². The lowest BCUT2D eigenvalue weighted by molar-refractivity contribution is 0.601. The molecule has 0 fully saturated rings. The molecule has 0 unspecified atom stereocenters. The van der Waals surface area contributed by atoms with Crippen molar-refractivity contribution in [3.63, 3.8) is 0 Å². The van der Waals surface area contributed by atoms with Gasteiger partial charge in [0, 0.05) is 18.1 Å². The number of rotatable bonds is 6. The maximum atomic E-state index is 12.1. The summed E-state index contributed by atoms with van der Waals surface area (Å²) in [5.41, 5.74) is 7.04. The minimum atomic E-state index is -3.69. The summed E-state index contributed by atoms with van der Waals surface area (Å²) in [6.45, 7) is 2.11. The Kier molecular flexibility index (Phi) is 4.74. The van der Waals surface area contributed by atoms with Crippen LogP contribution in [0.4, 0.5) is 11.6 Å². The van der Waals surface area contributed by atoms with Gasteiger partial charge in [0.2, 0.25) is 5.95 Å². The number of aromatic nitrogens is 2. The molecule has 1 aromatic heterocycles. The predicted molar refractivity (Wildman–Crippen MR) is 82.3 cm³/mol. The first-order chi connectivity index (χ1) is 10.0. The Labute approximate surface area is 124 Å². The van der Waals surface area contributed by atoms with Crippen molar-refractivity contribution in [2.45, 2.75) is 31.1 Å². The van der Waals surface area contributed by atoms with Gasteiger partial charge in [0.15, 0.2) is 0 Å². The smallest absolute Gasteiger partial charge is 0.264 e. The van der Waals surface area contributed by atoms with E-state index in [4.69, 9.17) is 5.73 Å². The minimum absolute atomic E-state index is 0.0621. The van der Waals surface area contributed by atoms with Crippen LogP contribution in [0.25, 0.3) is 0 Å². The van der Waals surface area contributed by atoms with Crippen molar-refractivity contribution in [2.75, 3.05) is 10.5 Å². The molecular weight excluding hydrogens is 288 g/mol. The van der Waals surface area contributed by atoms with Gasteiger partial charge in [0.1, 0.15) is 0 Å². The summed E-state index contributed by atoms with van der Waals surface area (Å²) in [6.07, 6.45) is 6.32. The van der Waals surface area contributed by atoms with E-state index in [-0.39, 0.29) is 10.8 Å². The molecule has 0 saturated carbocycles. The van der Waals surface area contributed by atoms with Crippen molar-refractivity contribution in [3.05, 3.63) is 42.2 Å². The Morgan fingerprint density at radius 1 is 1.14 bits per heavy atom. The molecule has 0 aliphatic carbocycles. The van der Waals surface area contributed by atoms with Crippen LogP contribution < -0.4 is 10.5 Å². The minimum Gasteiger partial charge on any atom is -0.399 e. The topological polar surface area (TPSA) is 98.0 Å². The number of anilines is 2. The standard InChI is InChI=1S/C14H18N4O2S/c1-2-3-4-11-9-16-14(17-10-11)18-21(19,20)13-7-5-12(15)6-8-13/h5-10H,2-4,15H2,1H3,(H,16,17,18). The Balaban J connectivity index is 2.11. The van der Waals surface area contributed by atoms with Gasteiger partial charge in [0.05, 0.1) is 4.90 Å². The first kappa shape index (κ1) is 15.2. The number of nitrogens with zero attached hydrogens (tertiary/aromatic N) is 2. The zero-order valence-corrected chi connectivity index (χ0v) is 12.6. The number of hydrogen-bond donors (Lipinski definition) is 2. The molecule has 0 spiro atoms. The normalized spacial score (nSPS) is 11.3. The average molecular weight is 306 g/mol. The van der Waals surface area contributed by atoms with E-state index in [0.717, 1.165) is 24.8 Å². The van der Waals surface area contributed by atoms with Crippen LogP contribution >= 0.6 is 0 Å². The van der Waals surface area contributed by atoms with Crippen molar-refractivity contribution in [1.82, 2.24) is 9.97 Å². The lowest BCUT2D eigenvalue weighted by Crippen LogP contribution is -2.15. The lowest BCUT2D eigenvalue weighted by Gasteiger charge is -2.07. The maximum Gasteiger partial charge on any atom is 0.264 e. The largest absolute Gasteiger partial charge is 0.399 e. The van der Waals surface area contributed by atoms with E-state index >= 15 is 0 Å². The monoisotopic (exact) mass is 306 g/mol. The van der Waals surface area contributed by atoms with Crippen molar-refractivity contribution >= 4 is 21.7 Å². The van der Waals surface area contributed by atoms with Gasteiger partial charge in [-0.15, -0.1) is 0 Å². The van der Waals surface area contributed by atoms with E-state index in [1.165, 1.54) is 24.3 Å². The zero-order valence-electron chi connectivity index (χ0n) is 11.8. The van der Waals surface area contributed by atoms with Gasteiger partial charge < -0.3 is 5.73 Å².